The van der Waals surface area contributed by atoms with Gasteiger partial charge >= 0.3 is 5.97 Å². The summed E-state index contributed by atoms with van der Waals surface area (Å²) in [6.45, 7) is 2.55. The van der Waals surface area contributed by atoms with Crippen LogP contribution in [0.4, 0.5) is 11.4 Å². The molecule has 1 rings (SSSR count). The van der Waals surface area contributed by atoms with Crippen molar-refractivity contribution in [1.82, 2.24) is 0 Å². The number of carbonyl (C=O) groups excluding carboxylic acids is 1. The molecule has 0 aromatic heterocycles. The molecule has 0 fully saturated rings. The number of hydrogen-bond acceptors (Lipinski definition) is 4. The number of nitrogen functional groups attached to an aromatic ring is 1. The van der Waals surface area contributed by atoms with E-state index in [2.05, 4.69) is 5.32 Å². The zero-order valence-electron chi connectivity index (χ0n) is 9.43. The van der Waals surface area contributed by atoms with E-state index in [9.17, 15) is 4.79 Å². The van der Waals surface area contributed by atoms with Crippen LogP contribution in [-0.2, 0) is 9.53 Å². The predicted octanol–water partition coefficient (Wildman–Crippen LogP) is 2.94. The summed E-state index contributed by atoms with van der Waals surface area (Å²) in [4.78, 5) is 11.1. The van der Waals surface area contributed by atoms with Crippen molar-refractivity contribution in [3.05, 3.63) is 22.2 Å². The second-order valence-corrected chi connectivity index (χ2v) is 4.16. The molecule has 0 aliphatic rings. The van der Waals surface area contributed by atoms with E-state index in [-0.39, 0.29) is 12.4 Å². The number of hydrogen-bond donors (Lipinski definition) is 2. The van der Waals surface area contributed by atoms with Gasteiger partial charge < -0.3 is 15.8 Å². The third-order valence-corrected chi connectivity index (χ3v) is 2.60. The number of rotatable bonds is 5. The molecule has 94 valence electrons. The Morgan fingerprint density at radius 2 is 2.00 bits per heavy atom. The zero-order chi connectivity index (χ0) is 12.8. The summed E-state index contributed by atoms with van der Waals surface area (Å²) in [7, 11) is 0. The van der Waals surface area contributed by atoms with Crippen molar-refractivity contribution >= 4 is 40.5 Å². The first-order chi connectivity index (χ1) is 8.04. The van der Waals surface area contributed by atoms with Crippen molar-refractivity contribution < 1.29 is 9.53 Å². The van der Waals surface area contributed by atoms with E-state index in [0.29, 0.717) is 34.6 Å². The maximum absolute atomic E-state index is 11.1. The molecule has 3 N–H and O–H groups in total. The van der Waals surface area contributed by atoms with Crippen molar-refractivity contribution in [3.8, 4) is 0 Å². The lowest BCUT2D eigenvalue weighted by atomic mass is 10.2. The van der Waals surface area contributed by atoms with Crippen LogP contribution >= 0.6 is 23.2 Å². The fourth-order valence-corrected chi connectivity index (χ4v) is 1.92. The Kier molecular flexibility index (Phi) is 5.38. The second-order valence-electron chi connectivity index (χ2n) is 3.34. The summed E-state index contributed by atoms with van der Waals surface area (Å²) >= 11 is 11.9. The van der Waals surface area contributed by atoms with Crippen LogP contribution in [0, 0.1) is 0 Å². The van der Waals surface area contributed by atoms with Gasteiger partial charge in [0.2, 0.25) is 0 Å². The molecule has 0 saturated heterocycles. The summed E-state index contributed by atoms with van der Waals surface area (Å²) in [6.07, 6.45) is 0.255. The first-order valence-corrected chi connectivity index (χ1v) is 5.94. The van der Waals surface area contributed by atoms with Crippen molar-refractivity contribution in [1.29, 1.82) is 0 Å². The topological polar surface area (TPSA) is 64.3 Å². The van der Waals surface area contributed by atoms with Crippen LogP contribution in [0.3, 0.4) is 0 Å². The third-order valence-electron chi connectivity index (χ3n) is 2.00. The van der Waals surface area contributed by atoms with Crippen LogP contribution in [0.5, 0.6) is 0 Å². The average molecular weight is 277 g/mol. The Balaban J connectivity index is 2.55. The third kappa shape index (κ3) is 4.32. The van der Waals surface area contributed by atoms with Crippen molar-refractivity contribution in [3.63, 3.8) is 0 Å². The highest BCUT2D eigenvalue weighted by atomic mass is 35.5. The minimum Gasteiger partial charge on any atom is -0.466 e. The Morgan fingerprint density at radius 3 is 2.53 bits per heavy atom. The van der Waals surface area contributed by atoms with Gasteiger partial charge in [-0.3, -0.25) is 4.79 Å². The van der Waals surface area contributed by atoms with Gasteiger partial charge in [0.25, 0.3) is 0 Å². The molecule has 0 amide bonds. The highest BCUT2D eigenvalue weighted by molar-refractivity contribution is 6.39. The number of anilines is 2. The van der Waals surface area contributed by atoms with E-state index in [1.54, 1.807) is 19.1 Å². The monoisotopic (exact) mass is 276 g/mol. The fraction of sp³-hybridized carbons (Fsp3) is 0.364. The van der Waals surface area contributed by atoms with Crippen molar-refractivity contribution in [2.24, 2.45) is 0 Å². The number of ether oxygens (including phenoxy) is 1. The number of nitrogens with two attached hydrogens (primary N) is 1. The number of nitrogens with one attached hydrogen (secondary N) is 1. The van der Waals surface area contributed by atoms with E-state index in [0.717, 1.165) is 0 Å². The van der Waals surface area contributed by atoms with Crippen LogP contribution in [0.15, 0.2) is 12.1 Å². The normalized spacial score (nSPS) is 10.1. The van der Waals surface area contributed by atoms with Crippen LogP contribution in [0.2, 0.25) is 10.0 Å². The van der Waals surface area contributed by atoms with Gasteiger partial charge in [-0.25, -0.2) is 0 Å². The summed E-state index contributed by atoms with van der Waals surface area (Å²) in [6, 6.07) is 3.19. The standard InChI is InChI=1S/C11H14Cl2N2O2/c1-2-17-10(16)3-4-15-11-8(12)5-7(14)6-9(11)13/h5-6,15H,2-4,14H2,1H3. The van der Waals surface area contributed by atoms with Crippen LogP contribution in [0.1, 0.15) is 13.3 Å². The fourth-order valence-electron chi connectivity index (χ4n) is 1.28. The Bertz CT molecular complexity index is 387. The van der Waals surface area contributed by atoms with Gasteiger partial charge in [-0.05, 0) is 19.1 Å². The van der Waals surface area contributed by atoms with Gasteiger partial charge in [0, 0.05) is 12.2 Å². The Labute approximate surface area is 110 Å². The molecule has 0 atom stereocenters. The van der Waals surface area contributed by atoms with Crippen LogP contribution < -0.4 is 11.1 Å². The smallest absolute Gasteiger partial charge is 0.307 e. The summed E-state index contributed by atoms with van der Waals surface area (Å²) in [5, 5.41) is 3.84. The highest BCUT2D eigenvalue weighted by Gasteiger charge is 2.08. The average Bonchev–Trinajstić information content (AvgIpc) is 2.22. The van der Waals surface area contributed by atoms with E-state index in [1.807, 2.05) is 0 Å². The minimum atomic E-state index is -0.261. The van der Waals surface area contributed by atoms with Gasteiger partial charge in [-0.1, -0.05) is 23.2 Å². The lowest BCUT2D eigenvalue weighted by Crippen LogP contribution is -2.11. The van der Waals surface area contributed by atoms with Crippen molar-refractivity contribution in [2.75, 3.05) is 24.2 Å². The predicted molar refractivity (Wildman–Crippen MR) is 70.6 cm³/mol. The van der Waals surface area contributed by atoms with Crippen LogP contribution in [0.25, 0.3) is 0 Å². The van der Waals surface area contributed by atoms with Gasteiger partial charge in [0.15, 0.2) is 0 Å². The summed E-state index contributed by atoms with van der Waals surface area (Å²) in [5.41, 5.74) is 6.65. The molecule has 4 nitrogen and oxygen atoms in total. The number of halogens is 2. The molecule has 0 spiro atoms. The molecule has 17 heavy (non-hydrogen) atoms. The molecule has 0 unspecified atom stereocenters. The quantitative estimate of drug-likeness (QED) is 0.641. The van der Waals surface area contributed by atoms with Gasteiger partial charge in [-0.2, -0.15) is 0 Å². The molecule has 0 radical (unpaired) electrons. The minimum absolute atomic E-state index is 0.255. The maximum atomic E-state index is 11.1. The number of esters is 1. The highest BCUT2D eigenvalue weighted by Crippen LogP contribution is 2.32. The molecule has 0 aliphatic heterocycles. The van der Waals surface area contributed by atoms with E-state index in [1.165, 1.54) is 0 Å². The molecular formula is C11H14Cl2N2O2. The van der Waals surface area contributed by atoms with E-state index >= 15 is 0 Å². The summed E-state index contributed by atoms with van der Waals surface area (Å²) < 4.78 is 4.79. The lowest BCUT2D eigenvalue weighted by Gasteiger charge is -2.10. The van der Waals surface area contributed by atoms with Crippen LogP contribution in [-0.4, -0.2) is 19.1 Å². The Hall–Kier alpha value is -1.13. The van der Waals surface area contributed by atoms with E-state index in [4.69, 9.17) is 33.7 Å². The molecule has 0 saturated carbocycles. The van der Waals surface area contributed by atoms with Gasteiger partial charge in [0.1, 0.15) is 0 Å². The molecule has 1 aromatic rings. The first kappa shape index (κ1) is 13.9. The Morgan fingerprint density at radius 1 is 1.41 bits per heavy atom. The van der Waals surface area contributed by atoms with Gasteiger partial charge in [0.05, 0.1) is 28.8 Å². The maximum Gasteiger partial charge on any atom is 0.307 e. The molecular weight excluding hydrogens is 263 g/mol. The molecule has 1 aromatic carbocycles. The second kappa shape index (κ2) is 6.57. The van der Waals surface area contributed by atoms with E-state index < -0.39 is 0 Å². The first-order valence-electron chi connectivity index (χ1n) is 5.18. The number of benzene rings is 1. The van der Waals surface area contributed by atoms with Gasteiger partial charge in [-0.15, -0.1) is 0 Å². The molecule has 0 aliphatic carbocycles. The molecule has 6 heteroatoms. The molecule has 0 heterocycles. The zero-order valence-corrected chi connectivity index (χ0v) is 10.9. The number of carbonyl (C=O) groups is 1. The SMILES string of the molecule is CCOC(=O)CCNc1c(Cl)cc(N)cc1Cl. The largest absolute Gasteiger partial charge is 0.466 e. The lowest BCUT2D eigenvalue weighted by molar-refractivity contribution is -0.142. The molecule has 0 bridgehead atoms. The summed E-state index contributed by atoms with van der Waals surface area (Å²) in [5.74, 6) is -0.261. The van der Waals surface area contributed by atoms with Crippen molar-refractivity contribution in [2.45, 2.75) is 13.3 Å².